The van der Waals surface area contributed by atoms with Gasteiger partial charge in [-0.25, -0.2) is 8.78 Å². The lowest BCUT2D eigenvalue weighted by atomic mass is 10.1. The highest BCUT2D eigenvalue weighted by Gasteiger charge is 2.19. The lowest BCUT2D eigenvalue weighted by Gasteiger charge is -2.25. The number of aliphatic hydroxyl groups excluding tert-OH is 1. The van der Waals surface area contributed by atoms with Crippen molar-refractivity contribution in [3.05, 3.63) is 65.2 Å². The van der Waals surface area contributed by atoms with E-state index in [1.165, 1.54) is 11.0 Å². The quantitative estimate of drug-likeness (QED) is 0.883. The van der Waals surface area contributed by atoms with Crippen molar-refractivity contribution in [1.29, 1.82) is 0 Å². The monoisotopic (exact) mass is 335 g/mol. The van der Waals surface area contributed by atoms with Crippen LogP contribution in [0.15, 0.2) is 42.5 Å². The first kappa shape index (κ1) is 17.9. The van der Waals surface area contributed by atoms with Crippen LogP contribution in [-0.4, -0.2) is 29.6 Å². The number of hydrogen-bond donors (Lipinski definition) is 1. The Morgan fingerprint density at radius 3 is 2.62 bits per heavy atom. The van der Waals surface area contributed by atoms with E-state index >= 15 is 0 Å². The van der Waals surface area contributed by atoms with Crippen LogP contribution in [0.25, 0.3) is 0 Å². The van der Waals surface area contributed by atoms with Crippen LogP contribution in [0.3, 0.4) is 0 Å². The van der Waals surface area contributed by atoms with E-state index in [0.29, 0.717) is 16.9 Å². The van der Waals surface area contributed by atoms with Crippen molar-refractivity contribution in [3.8, 4) is 5.75 Å². The van der Waals surface area contributed by atoms with E-state index in [-0.39, 0.29) is 19.1 Å². The van der Waals surface area contributed by atoms with Crippen LogP contribution >= 0.6 is 0 Å². The molecule has 0 aromatic heterocycles. The fraction of sp³-hybridized carbons (Fsp3) is 0.278. The average Bonchev–Trinajstić information content (AvgIpc) is 2.60. The number of rotatable bonds is 6. The molecule has 1 amide bonds. The van der Waals surface area contributed by atoms with E-state index in [1.54, 1.807) is 38.2 Å². The highest BCUT2D eigenvalue weighted by Crippen LogP contribution is 2.21. The molecule has 4 nitrogen and oxygen atoms in total. The molecule has 0 fully saturated rings. The Labute approximate surface area is 139 Å². The van der Waals surface area contributed by atoms with Gasteiger partial charge in [0.05, 0.1) is 12.6 Å². The topological polar surface area (TPSA) is 49.8 Å². The molecule has 2 aromatic carbocycles. The van der Waals surface area contributed by atoms with Gasteiger partial charge >= 0.3 is 0 Å². The zero-order valence-electron chi connectivity index (χ0n) is 13.5. The zero-order valence-corrected chi connectivity index (χ0v) is 13.5. The molecule has 0 aliphatic rings. The fourth-order valence-corrected chi connectivity index (χ4v) is 2.19. The molecular weight excluding hydrogens is 316 g/mol. The molecule has 128 valence electrons. The van der Waals surface area contributed by atoms with Crippen LogP contribution < -0.4 is 4.74 Å². The molecule has 0 unspecified atom stereocenters. The standard InChI is InChI=1S/C18H19F2NO3/c1-12(14-6-7-16(19)17(20)9-14)21(2)18(23)11-24-15-5-3-4-13(8-15)10-22/h3-9,12,22H,10-11H2,1-2H3/t12-/m1/s1. The predicted molar refractivity (Wildman–Crippen MR) is 85.4 cm³/mol. The van der Waals surface area contributed by atoms with Crippen molar-refractivity contribution >= 4 is 5.91 Å². The molecule has 6 heteroatoms. The molecular formula is C18H19F2NO3. The van der Waals surface area contributed by atoms with E-state index in [9.17, 15) is 13.6 Å². The van der Waals surface area contributed by atoms with Gasteiger partial charge in [-0.1, -0.05) is 18.2 Å². The van der Waals surface area contributed by atoms with Crippen molar-refractivity contribution in [2.75, 3.05) is 13.7 Å². The summed E-state index contributed by atoms with van der Waals surface area (Å²) in [6.07, 6.45) is 0. The van der Waals surface area contributed by atoms with Crippen LogP contribution in [0.2, 0.25) is 0 Å². The average molecular weight is 335 g/mol. The van der Waals surface area contributed by atoms with E-state index in [0.717, 1.165) is 12.1 Å². The summed E-state index contributed by atoms with van der Waals surface area (Å²) in [7, 11) is 1.57. The first-order chi connectivity index (χ1) is 11.4. The Balaban J connectivity index is 1.99. The number of benzene rings is 2. The lowest BCUT2D eigenvalue weighted by molar-refractivity contribution is -0.134. The molecule has 0 heterocycles. The van der Waals surface area contributed by atoms with Gasteiger partial charge in [0.1, 0.15) is 5.75 Å². The number of nitrogens with zero attached hydrogens (tertiary/aromatic N) is 1. The minimum absolute atomic E-state index is 0.113. The first-order valence-corrected chi connectivity index (χ1v) is 7.45. The SMILES string of the molecule is C[C@H](c1ccc(F)c(F)c1)N(C)C(=O)COc1cccc(CO)c1. The van der Waals surface area contributed by atoms with Crippen LogP contribution in [0.4, 0.5) is 8.78 Å². The van der Waals surface area contributed by atoms with Crippen LogP contribution in [0, 0.1) is 11.6 Å². The van der Waals surface area contributed by atoms with Crippen molar-refractivity contribution < 1.29 is 23.4 Å². The zero-order chi connectivity index (χ0) is 17.7. The number of ether oxygens (including phenoxy) is 1. The highest BCUT2D eigenvalue weighted by atomic mass is 19.2. The molecule has 0 bridgehead atoms. The maximum absolute atomic E-state index is 13.3. The predicted octanol–water partition coefficient (Wildman–Crippen LogP) is 3.06. The van der Waals surface area contributed by atoms with Crippen LogP contribution in [0.5, 0.6) is 5.75 Å². The van der Waals surface area contributed by atoms with Crippen molar-refractivity contribution in [2.45, 2.75) is 19.6 Å². The molecule has 1 N–H and O–H groups in total. The van der Waals surface area contributed by atoms with Crippen molar-refractivity contribution in [2.24, 2.45) is 0 Å². The minimum atomic E-state index is -0.947. The summed E-state index contributed by atoms with van der Waals surface area (Å²) >= 11 is 0. The third-order valence-corrected chi connectivity index (χ3v) is 3.84. The molecule has 0 aliphatic heterocycles. The number of aliphatic hydroxyl groups is 1. The second-order valence-electron chi connectivity index (χ2n) is 5.45. The number of carbonyl (C=O) groups is 1. The van der Waals surface area contributed by atoms with Gasteiger partial charge in [0, 0.05) is 7.05 Å². The van der Waals surface area contributed by atoms with E-state index < -0.39 is 17.7 Å². The van der Waals surface area contributed by atoms with Crippen LogP contribution in [-0.2, 0) is 11.4 Å². The third kappa shape index (κ3) is 4.29. The summed E-state index contributed by atoms with van der Waals surface area (Å²) in [5.74, 6) is -1.70. The number of carbonyl (C=O) groups excluding carboxylic acids is 1. The maximum atomic E-state index is 13.3. The molecule has 0 spiro atoms. The smallest absolute Gasteiger partial charge is 0.260 e. The fourth-order valence-electron chi connectivity index (χ4n) is 2.19. The van der Waals surface area contributed by atoms with Gasteiger partial charge in [0.25, 0.3) is 5.91 Å². The van der Waals surface area contributed by atoms with Gasteiger partial charge < -0.3 is 14.7 Å². The molecule has 0 radical (unpaired) electrons. The normalized spacial score (nSPS) is 11.9. The van der Waals surface area contributed by atoms with E-state index in [4.69, 9.17) is 9.84 Å². The van der Waals surface area contributed by atoms with Gasteiger partial charge in [-0.3, -0.25) is 4.79 Å². The summed E-state index contributed by atoms with van der Waals surface area (Å²) in [6, 6.07) is 9.92. The minimum Gasteiger partial charge on any atom is -0.484 e. The van der Waals surface area contributed by atoms with Gasteiger partial charge in [-0.15, -0.1) is 0 Å². The summed E-state index contributed by atoms with van der Waals surface area (Å²) < 4.78 is 31.7. The van der Waals surface area contributed by atoms with E-state index in [1.807, 2.05) is 0 Å². The molecule has 1 atom stereocenters. The van der Waals surface area contributed by atoms with E-state index in [2.05, 4.69) is 0 Å². The Bertz CT molecular complexity index is 721. The van der Waals surface area contributed by atoms with Crippen LogP contribution in [0.1, 0.15) is 24.1 Å². The van der Waals surface area contributed by atoms with Crippen molar-refractivity contribution in [1.82, 2.24) is 4.90 Å². The first-order valence-electron chi connectivity index (χ1n) is 7.45. The second-order valence-corrected chi connectivity index (χ2v) is 5.45. The highest BCUT2D eigenvalue weighted by molar-refractivity contribution is 5.78. The summed E-state index contributed by atoms with van der Waals surface area (Å²) in [5, 5.41) is 9.08. The summed E-state index contributed by atoms with van der Waals surface area (Å²) in [4.78, 5) is 13.6. The molecule has 2 rings (SSSR count). The lowest BCUT2D eigenvalue weighted by Crippen LogP contribution is -2.33. The number of likely N-dealkylation sites (N-methyl/N-ethyl adjacent to an activating group) is 1. The third-order valence-electron chi connectivity index (χ3n) is 3.84. The Hall–Kier alpha value is -2.47. The summed E-state index contributed by atoms with van der Waals surface area (Å²) in [6.45, 7) is 1.41. The molecule has 0 saturated heterocycles. The Kier molecular flexibility index (Phi) is 5.87. The maximum Gasteiger partial charge on any atom is 0.260 e. The Morgan fingerprint density at radius 2 is 1.96 bits per heavy atom. The molecule has 24 heavy (non-hydrogen) atoms. The van der Waals surface area contributed by atoms with Gasteiger partial charge in [-0.2, -0.15) is 0 Å². The number of amides is 1. The molecule has 0 aliphatic carbocycles. The second kappa shape index (κ2) is 7.88. The molecule has 0 saturated carbocycles. The molecule has 2 aromatic rings. The largest absolute Gasteiger partial charge is 0.484 e. The summed E-state index contributed by atoms with van der Waals surface area (Å²) in [5.41, 5.74) is 1.18. The number of hydrogen-bond acceptors (Lipinski definition) is 3. The Morgan fingerprint density at radius 1 is 1.21 bits per heavy atom. The van der Waals surface area contributed by atoms with Crippen molar-refractivity contribution in [3.63, 3.8) is 0 Å². The van der Waals surface area contributed by atoms with Gasteiger partial charge in [0.2, 0.25) is 0 Å². The number of halogens is 2. The van der Waals surface area contributed by atoms with Gasteiger partial charge in [0.15, 0.2) is 18.2 Å². The van der Waals surface area contributed by atoms with Gasteiger partial charge in [-0.05, 0) is 42.3 Å².